The first-order valence-electron chi connectivity index (χ1n) is 8.18. The monoisotopic (exact) mass is 338 g/mol. The van der Waals surface area contributed by atoms with Gasteiger partial charge in [-0.15, -0.1) is 0 Å². The van der Waals surface area contributed by atoms with Crippen LogP contribution in [0.3, 0.4) is 0 Å². The van der Waals surface area contributed by atoms with Crippen LogP contribution in [0.15, 0.2) is 48.5 Å². The van der Waals surface area contributed by atoms with Crippen molar-refractivity contribution in [1.82, 2.24) is 0 Å². The number of ether oxygens (including phenoxy) is 1. The first-order valence-corrected chi connectivity index (χ1v) is 8.18. The standard InChI is InChI=1S/C21H22O4/c1-14-4-8-16(9-5-14)19(22)12-18(21(24)25-3)13-20(23)17-10-6-15(2)7-11-17/h4-11,18H,12-13H2,1-3H3. The van der Waals surface area contributed by atoms with Gasteiger partial charge in [-0.3, -0.25) is 14.4 Å². The van der Waals surface area contributed by atoms with Gasteiger partial charge in [0.25, 0.3) is 0 Å². The zero-order valence-corrected chi connectivity index (χ0v) is 14.7. The Bertz CT molecular complexity index is 698. The SMILES string of the molecule is COC(=O)C(CC(=O)c1ccc(C)cc1)CC(=O)c1ccc(C)cc1. The summed E-state index contributed by atoms with van der Waals surface area (Å²) in [6.07, 6.45) is -0.0966. The molecule has 0 heterocycles. The van der Waals surface area contributed by atoms with Crippen molar-refractivity contribution in [2.24, 2.45) is 5.92 Å². The van der Waals surface area contributed by atoms with Crippen molar-refractivity contribution in [3.8, 4) is 0 Å². The van der Waals surface area contributed by atoms with Gasteiger partial charge in [-0.25, -0.2) is 0 Å². The molecule has 0 fully saturated rings. The summed E-state index contributed by atoms with van der Waals surface area (Å²) in [6.45, 7) is 3.87. The minimum Gasteiger partial charge on any atom is -0.469 e. The fourth-order valence-electron chi connectivity index (χ4n) is 2.57. The number of carbonyl (C=O) groups is 3. The van der Waals surface area contributed by atoms with E-state index < -0.39 is 11.9 Å². The maximum Gasteiger partial charge on any atom is 0.309 e. The highest BCUT2D eigenvalue weighted by Gasteiger charge is 2.26. The van der Waals surface area contributed by atoms with Crippen molar-refractivity contribution >= 4 is 17.5 Å². The predicted molar refractivity (Wildman–Crippen MR) is 95.8 cm³/mol. The van der Waals surface area contributed by atoms with Gasteiger partial charge in [-0.05, 0) is 13.8 Å². The van der Waals surface area contributed by atoms with Crippen molar-refractivity contribution in [1.29, 1.82) is 0 Å². The van der Waals surface area contributed by atoms with Gasteiger partial charge < -0.3 is 4.74 Å². The summed E-state index contributed by atoms with van der Waals surface area (Å²) in [5.41, 5.74) is 3.16. The second kappa shape index (κ2) is 8.38. The molecular formula is C21H22O4. The van der Waals surface area contributed by atoms with Crippen LogP contribution in [0.2, 0.25) is 0 Å². The largest absolute Gasteiger partial charge is 0.469 e. The molecule has 2 rings (SSSR count). The molecule has 0 atom stereocenters. The summed E-state index contributed by atoms with van der Waals surface area (Å²) >= 11 is 0. The smallest absolute Gasteiger partial charge is 0.309 e. The summed E-state index contributed by atoms with van der Waals surface area (Å²) in [4.78, 5) is 36.9. The number of esters is 1. The van der Waals surface area contributed by atoms with Gasteiger partial charge >= 0.3 is 5.97 Å². The molecule has 0 unspecified atom stereocenters. The van der Waals surface area contributed by atoms with Crippen molar-refractivity contribution < 1.29 is 19.1 Å². The maximum atomic E-state index is 12.4. The lowest BCUT2D eigenvalue weighted by Crippen LogP contribution is -2.23. The molecular weight excluding hydrogens is 316 g/mol. The number of ketones is 2. The molecule has 0 amide bonds. The fourth-order valence-corrected chi connectivity index (χ4v) is 2.57. The molecule has 0 spiro atoms. The van der Waals surface area contributed by atoms with Crippen LogP contribution in [0, 0.1) is 19.8 Å². The predicted octanol–water partition coefficient (Wildman–Crippen LogP) is 3.94. The van der Waals surface area contributed by atoms with E-state index in [2.05, 4.69) is 0 Å². The van der Waals surface area contributed by atoms with Gasteiger partial charge in [0.2, 0.25) is 0 Å². The highest BCUT2D eigenvalue weighted by Crippen LogP contribution is 2.19. The van der Waals surface area contributed by atoms with Crippen LogP contribution >= 0.6 is 0 Å². The molecule has 0 bridgehead atoms. The van der Waals surface area contributed by atoms with Crippen LogP contribution < -0.4 is 0 Å². The Labute approximate surface area is 147 Å². The lowest BCUT2D eigenvalue weighted by Gasteiger charge is -2.13. The first kappa shape index (κ1) is 18.6. The minimum atomic E-state index is -0.785. The van der Waals surface area contributed by atoms with Crippen LogP contribution in [-0.4, -0.2) is 24.6 Å². The van der Waals surface area contributed by atoms with E-state index in [1.807, 2.05) is 38.1 Å². The summed E-state index contributed by atoms with van der Waals surface area (Å²) in [6, 6.07) is 14.3. The Hall–Kier alpha value is -2.75. The van der Waals surface area contributed by atoms with Crippen molar-refractivity contribution in [2.75, 3.05) is 7.11 Å². The number of aryl methyl sites for hydroxylation is 2. The van der Waals surface area contributed by atoms with Crippen molar-refractivity contribution in [3.63, 3.8) is 0 Å². The molecule has 0 saturated heterocycles. The van der Waals surface area contributed by atoms with Gasteiger partial charge in [0.1, 0.15) is 0 Å². The molecule has 0 aromatic heterocycles. The van der Waals surface area contributed by atoms with E-state index in [0.717, 1.165) is 11.1 Å². The maximum absolute atomic E-state index is 12.4. The highest BCUT2D eigenvalue weighted by molar-refractivity contribution is 6.01. The molecule has 25 heavy (non-hydrogen) atoms. The van der Waals surface area contributed by atoms with E-state index in [-0.39, 0.29) is 24.4 Å². The minimum absolute atomic E-state index is 0.0483. The quantitative estimate of drug-likeness (QED) is 0.567. The molecule has 0 aliphatic rings. The van der Waals surface area contributed by atoms with E-state index in [1.54, 1.807) is 24.3 Å². The molecule has 0 aliphatic carbocycles. The Morgan fingerprint density at radius 1 is 0.760 bits per heavy atom. The molecule has 0 radical (unpaired) electrons. The highest BCUT2D eigenvalue weighted by atomic mass is 16.5. The summed E-state index contributed by atoms with van der Waals surface area (Å²) in [5, 5.41) is 0. The second-order valence-electron chi connectivity index (χ2n) is 6.21. The molecule has 2 aromatic carbocycles. The van der Waals surface area contributed by atoms with Crippen LogP contribution in [0.5, 0.6) is 0 Å². The number of Topliss-reactive ketones (excluding diaryl/α,β-unsaturated/α-hetero) is 2. The number of benzene rings is 2. The number of hydrogen-bond donors (Lipinski definition) is 0. The number of carbonyl (C=O) groups excluding carboxylic acids is 3. The van der Waals surface area contributed by atoms with Gasteiger partial charge in [0.05, 0.1) is 13.0 Å². The Morgan fingerprint density at radius 3 is 1.44 bits per heavy atom. The van der Waals surface area contributed by atoms with Gasteiger partial charge in [0.15, 0.2) is 11.6 Å². The van der Waals surface area contributed by atoms with E-state index in [0.29, 0.717) is 11.1 Å². The van der Waals surface area contributed by atoms with Crippen LogP contribution in [-0.2, 0) is 9.53 Å². The van der Waals surface area contributed by atoms with Gasteiger partial charge in [-0.2, -0.15) is 0 Å². The Morgan fingerprint density at radius 2 is 1.12 bits per heavy atom. The lowest BCUT2D eigenvalue weighted by molar-refractivity contribution is -0.145. The summed E-state index contributed by atoms with van der Waals surface area (Å²) < 4.78 is 4.78. The van der Waals surface area contributed by atoms with Crippen LogP contribution in [0.4, 0.5) is 0 Å². The third-order valence-corrected chi connectivity index (χ3v) is 4.15. The molecule has 130 valence electrons. The normalized spacial score (nSPS) is 10.6. The van der Waals surface area contributed by atoms with Crippen LogP contribution in [0.1, 0.15) is 44.7 Å². The Balaban J connectivity index is 2.11. The lowest BCUT2D eigenvalue weighted by atomic mass is 9.91. The first-order chi connectivity index (χ1) is 11.9. The molecule has 0 N–H and O–H groups in total. The van der Waals surface area contributed by atoms with Crippen LogP contribution in [0.25, 0.3) is 0 Å². The third kappa shape index (κ3) is 5.11. The third-order valence-electron chi connectivity index (χ3n) is 4.15. The zero-order chi connectivity index (χ0) is 18.4. The Kier molecular flexibility index (Phi) is 6.23. The second-order valence-corrected chi connectivity index (χ2v) is 6.21. The van der Waals surface area contributed by atoms with E-state index in [9.17, 15) is 14.4 Å². The average Bonchev–Trinajstić information content (AvgIpc) is 2.61. The molecule has 0 aliphatic heterocycles. The molecule has 2 aromatic rings. The van der Waals surface area contributed by atoms with Gasteiger partial charge in [0, 0.05) is 24.0 Å². The van der Waals surface area contributed by atoms with E-state index in [1.165, 1.54) is 7.11 Å². The van der Waals surface area contributed by atoms with Crippen molar-refractivity contribution in [3.05, 3.63) is 70.8 Å². The topological polar surface area (TPSA) is 60.4 Å². The number of rotatable bonds is 7. The van der Waals surface area contributed by atoms with Crippen molar-refractivity contribution in [2.45, 2.75) is 26.7 Å². The number of methoxy groups -OCH3 is 1. The molecule has 0 saturated carbocycles. The average molecular weight is 338 g/mol. The summed E-state index contributed by atoms with van der Waals surface area (Å²) in [5.74, 6) is -1.67. The van der Waals surface area contributed by atoms with E-state index in [4.69, 9.17) is 4.74 Å². The molecule has 4 nitrogen and oxygen atoms in total. The number of hydrogen-bond acceptors (Lipinski definition) is 4. The van der Waals surface area contributed by atoms with E-state index >= 15 is 0 Å². The molecule has 4 heteroatoms. The summed E-state index contributed by atoms with van der Waals surface area (Å²) in [7, 11) is 1.27. The van der Waals surface area contributed by atoms with Gasteiger partial charge in [-0.1, -0.05) is 59.7 Å². The fraction of sp³-hybridized carbons (Fsp3) is 0.286. The zero-order valence-electron chi connectivity index (χ0n) is 14.7.